The molecule has 4 atom stereocenters. The summed E-state index contributed by atoms with van der Waals surface area (Å²) in [5, 5.41) is -0.229. The van der Waals surface area contributed by atoms with Gasteiger partial charge in [-0.1, -0.05) is 93.6 Å². The minimum absolute atomic E-state index is 0.0304. The molecule has 3 aromatic carbocycles. The lowest BCUT2D eigenvalue weighted by molar-refractivity contribution is -0.170. The van der Waals surface area contributed by atoms with E-state index in [0.29, 0.717) is 22.4 Å². The predicted molar refractivity (Wildman–Crippen MR) is 180 cm³/mol. The number of aromatic nitrogens is 2. The molecule has 0 bridgehead atoms. The quantitative estimate of drug-likeness (QED) is 0.139. The first-order chi connectivity index (χ1) is 22.3. The number of nitrogens with zero attached hydrogens (tertiary/aromatic N) is 2. The third-order valence-corrected chi connectivity index (χ3v) is 13.9. The Morgan fingerprint density at radius 3 is 1.98 bits per heavy atom. The fourth-order valence-electron chi connectivity index (χ4n) is 5.66. The summed E-state index contributed by atoms with van der Waals surface area (Å²) in [5.41, 5.74) is 3.51. The number of benzene rings is 3. The molecular formula is C36H43F2N3O5Si. The molecule has 4 aromatic rings. The molecule has 0 spiro atoms. The second-order valence-electron chi connectivity index (χ2n) is 13.4. The topological polar surface area (TPSA) is 97.8 Å². The molecule has 5 rings (SSSR count). The lowest BCUT2D eigenvalue weighted by atomic mass is 9.79. The first kappa shape index (κ1) is 34.4. The SMILES string of the molecule is COc1ccc(C(O[C@H]2[C@H](F)[C@H](n3ccc(N)nc3=O)O[C@]2(CF)CO[Si](C)(C)C(C)(C)C)(c2ccccc2)c2ccccc2)cc1. The Labute approximate surface area is 275 Å². The van der Waals surface area contributed by atoms with Crippen LogP contribution in [0.4, 0.5) is 14.6 Å². The second-order valence-corrected chi connectivity index (χ2v) is 18.2. The van der Waals surface area contributed by atoms with Crippen LogP contribution in [0.15, 0.2) is 102 Å². The first-order valence-corrected chi connectivity index (χ1v) is 18.5. The maximum absolute atomic E-state index is 17.3. The fraction of sp³-hybridized carbons (Fsp3) is 0.389. The summed E-state index contributed by atoms with van der Waals surface area (Å²) in [7, 11) is -0.932. The zero-order valence-electron chi connectivity index (χ0n) is 27.7. The highest BCUT2D eigenvalue weighted by Crippen LogP contribution is 2.50. The first-order valence-electron chi connectivity index (χ1n) is 15.6. The number of hydrogen-bond donors (Lipinski definition) is 1. The van der Waals surface area contributed by atoms with E-state index in [1.54, 1.807) is 19.2 Å². The van der Waals surface area contributed by atoms with Gasteiger partial charge in [-0.3, -0.25) is 4.57 Å². The van der Waals surface area contributed by atoms with Gasteiger partial charge < -0.3 is 24.4 Å². The molecule has 2 heterocycles. The maximum atomic E-state index is 17.3. The molecule has 0 saturated carbocycles. The number of alkyl halides is 2. The van der Waals surface area contributed by atoms with Crippen molar-refractivity contribution in [2.24, 2.45) is 0 Å². The fourth-order valence-corrected chi connectivity index (χ4v) is 6.70. The van der Waals surface area contributed by atoms with Gasteiger partial charge in [-0.25, -0.2) is 13.6 Å². The molecule has 11 heteroatoms. The monoisotopic (exact) mass is 663 g/mol. The van der Waals surface area contributed by atoms with Crippen molar-refractivity contribution in [3.63, 3.8) is 0 Å². The van der Waals surface area contributed by atoms with E-state index >= 15 is 8.78 Å². The number of anilines is 1. The van der Waals surface area contributed by atoms with Crippen LogP contribution in [0.3, 0.4) is 0 Å². The summed E-state index contributed by atoms with van der Waals surface area (Å²) >= 11 is 0. The van der Waals surface area contributed by atoms with E-state index in [2.05, 4.69) is 25.8 Å². The van der Waals surface area contributed by atoms with Crippen LogP contribution >= 0.6 is 0 Å². The van der Waals surface area contributed by atoms with E-state index in [1.807, 2.05) is 85.9 Å². The average Bonchev–Trinajstić information content (AvgIpc) is 3.33. The highest BCUT2D eigenvalue weighted by molar-refractivity contribution is 6.74. The summed E-state index contributed by atoms with van der Waals surface area (Å²) in [6.07, 6.45) is -3.86. The maximum Gasteiger partial charge on any atom is 0.351 e. The minimum atomic E-state index is -2.50. The van der Waals surface area contributed by atoms with Crippen LogP contribution in [0.5, 0.6) is 5.75 Å². The van der Waals surface area contributed by atoms with E-state index < -0.39 is 50.4 Å². The van der Waals surface area contributed by atoms with E-state index in [9.17, 15) is 4.79 Å². The van der Waals surface area contributed by atoms with Crippen molar-refractivity contribution in [3.05, 3.63) is 124 Å². The molecule has 0 aliphatic carbocycles. The minimum Gasteiger partial charge on any atom is -0.497 e. The van der Waals surface area contributed by atoms with Crippen LogP contribution in [-0.4, -0.2) is 56.1 Å². The predicted octanol–water partition coefficient (Wildman–Crippen LogP) is 6.81. The van der Waals surface area contributed by atoms with E-state index in [0.717, 1.165) is 4.57 Å². The Kier molecular flexibility index (Phi) is 9.75. The van der Waals surface area contributed by atoms with Crippen LogP contribution < -0.4 is 16.2 Å². The Morgan fingerprint density at radius 1 is 0.936 bits per heavy atom. The smallest absolute Gasteiger partial charge is 0.351 e. The summed E-state index contributed by atoms with van der Waals surface area (Å²) in [5.74, 6) is 0.588. The average molecular weight is 664 g/mol. The van der Waals surface area contributed by atoms with Crippen LogP contribution in [0, 0.1) is 0 Å². The zero-order valence-corrected chi connectivity index (χ0v) is 28.7. The van der Waals surface area contributed by atoms with Crippen molar-refractivity contribution in [1.29, 1.82) is 0 Å². The molecule has 8 nitrogen and oxygen atoms in total. The van der Waals surface area contributed by atoms with Crippen LogP contribution in [0.25, 0.3) is 0 Å². The zero-order chi connectivity index (χ0) is 34.0. The number of hydrogen-bond acceptors (Lipinski definition) is 7. The van der Waals surface area contributed by atoms with Crippen LogP contribution in [0.1, 0.15) is 43.7 Å². The highest BCUT2D eigenvalue weighted by atomic mass is 28.4. The Balaban J connectivity index is 1.74. The van der Waals surface area contributed by atoms with E-state index in [-0.39, 0.29) is 17.5 Å². The molecule has 1 aliphatic rings. The third kappa shape index (κ3) is 6.49. The van der Waals surface area contributed by atoms with Crippen molar-refractivity contribution in [3.8, 4) is 5.75 Å². The number of rotatable bonds is 11. The molecule has 0 unspecified atom stereocenters. The summed E-state index contributed by atoms with van der Waals surface area (Å²) < 4.78 is 59.4. The van der Waals surface area contributed by atoms with Gasteiger partial charge in [0.15, 0.2) is 26.3 Å². The van der Waals surface area contributed by atoms with Crippen LogP contribution in [-0.2, 0) is 19.5 Å². The number of ether oxygens (including phenoxy) is 3. The van der Waals surface area contributed by atoms with Crippen molar-refractivity contribution < 1.29 is 27.4 Å². The third-order valence-electron chi connectivity index (χ3n) is 9.43. The number of nitrogens with two attached hydrogens (primary N) is 1. The molecule has 1 aromatic heterocycles. The van der Waals surface area contributed by atoms with Crippen molar-refractivity contribution in [2.45, 2.75) is 68.6 Å². The van der Waals surface area contributed by atoms with Gasteiger partial charge in [-0.05, 0) is 53.0 Å². The van der Waals surface area contributed by atoms with Gasteiger partial charge in [-0.2, -0.15) is 4.98 Å². The summed E-state index contributed by atoms with van der Waals surface area (Å²) in [4.78, 5) is 16.8. The van der Waals surface area contributed by atoms with E-state index in [1.165, 1.54) is 12.3 Å². The largest absolute Gasteiger partial charge is 0.497 e. The highest BCUT2D eigenvalue weighted by Gasteiger charge is 2.61. The lowest BCUT2D eigenvalue weighted by Crippen LogP contribution is -2.56. The van der Waals surface area contributed by atoms with Gasteiger partial charge in [0.25, 0.3) is 0 Å². The molecule has 250 valence electrons. The molecule has 47 heavy (non-hydrogen) atoms. The molecule has 0 radical (unpaired) electrons. The van der Waals surface area contributed by atoms with Gasteiger partial charge in [-0.15, -0.1) is 0 Å². The van der Waals surface area contributed by atoms with Crippen molar-refractivity contribution in [2.75, 3.05) is 26.1 Å². The van der Waals surface area contributed by atoms with Gasteiger partial charge in [0.1, 0.15) is 29.9 Å². The van der Waals surface area contributed by atoms with Gasteiger partial charge >= 0.3 is 5.69 Å². The number of halogens is 2. The number of nitrogen functional groups attached to an aromatic ring is 1. The van der Waals surface area contributed by atoms with Gasteiger partial charge in [0.05, 0.1) is 13.7 Å². The van der Waals surface area contributed by atoms with Crippen molar-refractivity contribution >= 4 is 14.1 Å². The van der Waals surface area contributed by atoms with Crippen molar-refractivity contribution in [1.82, 2.24) is 9.55 Å². The molecule has 2 N–H and O–H groups in total. The molecular weight excluding hydrogens is 620 g/mol. The molecule has 1 fully saturated rings. The van der Waals surface area contributed by atoms with E-state index in [4.69, 9.17) is 24.4 Å². The summed E-state index contributed by atoms with van der Waals surface area (Å²) in [6.45, 7) is 8.78. The summed E-state index contributed by atoms with van der Waals surface area (Å²) in [6, 6.07) is 27.4. The Hall–Kier alpha value is -3.90. The normalized spacial score (nSPS) is 21.9. The molecule has 1 aliphatic heterocycles. The molecule has 0 amide bonds. The Bertz CT molecular complexity index is 1660. The molecule has 1 saturated heterocycles. The van der Waals surface area contributed by atoms with Gasteiger partial charge in [0.2, 0.25) is 0 Å². The number of methoxy groups -OCH3 is 1. The lowest BCUT2D eigenvalue weighted by Gasteiger charge is -2.44. The van der Waals surface area contributed by atoms with Gasteiger partial charge in [0, 0.05) is 6.20 Å². The second kappa shape index (κ2) is 13.3. The Morgan fingerprint density at radius 2 is 1.49 bits per heavy atom. The van der Waals surface area contributed by atoms with Crippen LogP contribution in [0.2, 0.25) is 18.1 Å². The standard InChI is InChI=1S/C36H43F2N3O5Si/c1-34(2,3)47(5,6)44-24-35(23-37)31(30(38)32(46-35)41-22-21-29(39)40-33(41)42)45-36(25-13-9-7-10-14-25,26-15-11-8-12-16-26)27-17-19-28(43-4)20-18-27/h7-22,30-32H,23-24H2,1-6H3,(H2,39,40,42)/t30-,31-,32+,35+/m0/s1.